The van der Waals surface area contributed by atoms with Crippen LogP contribution in [0.3, 0.4) is 0 Å². The van der Waals surface area contributed by atoms with Gasteiger partial charge in [-0.3, -0.25) is 15.0 Å². The number of thiazole rings is 1. The fraction of sp³-hybridized carbons (Fsp3) is 0.500. The Hall–Kier alpha value is -1.81. The van der Waals surface area contributed by atoms with Crippen molar-refractivity contribution in [3.05, 3.63) is 35.0 Å². The van der Waals surface area contributed by atoms with E-state index in [1.165, 1.54) is 11.3 Å². The lowest BCUT2D eigenvalue weighted by Gasteiger charge is -2.25. The SMILES string of the molecule is CN1CCC2(C1)CN(C(=O)Nc1ncc(SCCCC(=O)N(C)C)s1)c1ccc(Cl)cc12. The van der Waals surface area contributed by atoms with Gasteiger partial charge in [-0.05, 0) is 55.9 Å². The van der Waals surface area contributed by atoms with Crippen LogP contribution in [0.15, 0.2) is 28.6 Å². The van der Waals surface area contributed by atoms with E-state index in [9.17, 15) is 9.59 Å². The molecular weight excluding hydrogens is 466 g/mol. The number of likely N-dealkylation sites (N-methyl/N-ethyl adjacent to an activating group) is 1. The number of aromatic nitrogens is 1. The largest absolute Gasteiger partial charge is 0.349 e. The van der Waals surface area contributed by atoms with Crippen LogP contribution in [-0.4, -0.2) is 73.3 Å². The van der Waals surface area contributed by atoms with E-state index in [-0.39, 0.29) is 17.4 Å². The van der Waals surface area contributed by atoms with Gasteiger partial charge in [-0.15, -0.1) is 11.8 Å². The Morgan fingerprint density at radius 2 is 2.16 bits per heavy atom. The lowest BCUT2D eigenvalue weighted by atomic mass is 9.81. The number of benzene rings is 1. The van der Waals surface area contributed by atoms with Gasteiger partial charge in [0.25, 0.3) is 0 Å². The third-order valence-electron chi connectivity index (χ3n) is 6.05. The highest BCUT2D eigenvalue weighted by Crippen LogP contribution is 2.47. The van der Waals surface area contributed by atoms with Crippen LogP contribution >= 0.6 is 34.7 Å². The molecule has 10 heteroatoms. The van der Waals surface area contributed by atoms with E-state index in [1.54, 1.807) is 37.0 Å². The molecule has 0 aliphatic carbocycles. The number of carbonyl (C=O) groups is 2. The maximum absolute atomic E-state index is 13.2. The molecule has 1 saturated heterocycles. The predicted octanol–water partition coefficient (Wildman–Crippen LogP) is 4.38. The monoisotopic (exact) mass is 493 g/mol. The van der Waals surface area contributed by atoms with Crippen molar-refractivity contribution < 1.29 is 9.59 Å². The zero-order chi connectivity index (χ0) is 22.9. The number of hydrogen-bond donors (Lipinski definition) is 1. The second kappa shape index (κ2) is 9.59. The molecule has 0 saturated carbocycles. The van der Waals surface area contributed by atoms with Crippen molar-refractivity contribution in [3.63, 3.8) is 0 Å². The molecule has 32 heavy (non-hydrogen) atoms. The molecule has 1 atom stereocenters. The van der Waals surface area contributed by atoms with E-state index in [4.69, 9.17) is 11.6 Å². The number of fused-ring (bicyclic) bond motifs is 2. The van der Waals surface area contributed by atoms with Crippen molar-refractivity contribution in [1.82, 2.24) is 14.8 Å². The third-order valence-corrected chi connectivity index (χ3v) is 8.48. The van der Waals surface area contributed by atoms with E-state index in [2.05, 4.69) is 22.2 Å². The molecule has 3 amide bonds. The molecule has 0 bridgehead atoms. The predicted molar refractivity (Wildman–Crippen MR) is 132 cm³/mol. The number of anilines is 2. The van der Waals surface area contributed by atoms with Gasteiger partial charge in [0.15, 0.2) is 5.13 Å². The smallest absolute Gasteiger partial charge is 0.328 e. The fourth-order valence-corrected chi connectivity index (χ4v) is 6.47. The molecule has 1 aromatic heterocycles. The second-order valence-corrected chi connectivity index (χ2v) is 11.5. The summed E-state index contributed by atoms with van der Waals surface area (Å²) in [5.74, 6) is 0.979. The summed E-state index contributed by atoms with van der Waals surface area (Å²) in [5, 5.41) is 4.26. The summed E-state index contributed by atoms with van der Waals surface area (Å²) >= 11 is 9.42. The highest BCUT2D eigenvalue weighted by atomic mass is 35.5. The van der Waals surface area contributed by atoms with Gasteiger partial charge in [0.1, 0.15) is 0 Å². The summed E-state index contributed by atoms with van der Waals surface area (Å²) in [6.45, 7) is 2.57. The lowest BCUT2D eigenvalue weighted by molar-refractivity contribution is -0.128. The Balaban J connectivity index is 1.38. The molecule has 4 rings (SSSR count). The number of nitrogens with one attached hydrogen (secondary N) is 1. The number of hydrogen-bond acceptors (Lipinski definition) is 6. The van der Waals surface area contributed by atoms with Gasteiger partial charge < -0.3 is 9.80 Å². The first-order valence-corrected chi connectivity index (χ1v) is 12.8. The number of amides is 3. The van der Waals surface area contributed by atoms with Crippen LogP contribution in [0.5, 0.6) is 0 Å². The van der Waals surface area contributed by atoms with Crippen molar-refractivity contribution in [2.45, 2.75) is 28.9 Å². The molecule has 0 radical (unpaired) electrons. The third kappa shape index (κ3) is 4.90. The number of carbonyl (C=O) groups excluding carboxylic acids is 2. The second-order valence-electron chi connectivity index (χ2n) is 8.67. The van der Waals surface area contributed by atoms with Gasteiger partial charge in [0.05, 0.1) is 10.4 Å². The first-order chi connectivity index (χ1) is 15.3. The maximum Gasteiger partial charge on any atom is 0.328 e. The number of urea groups is 1. The highest BCUT2D eigenvalue weighted by molar-refractivity contribution is 8.01. The molecular formula is C22H28ClN5O2S2. The van der Waals surface area contributed by atoms with Crippen molar-refractivity contribution in [2.75, 3.05) is 56.7 Å². The average Bonchev–Trinajstić information content (AvgIpc) is 3.43. The van der Waals surface area contributed by atoms with E-state index < -0.39 is 0 Å². The quantitative estimate of drug-likeness (QED) is 0.477. The summed E-state index contributed by atoms with van der Waals surface area (Å²) < 4.78 is 1.03. The Morgan fingerprint density at radius 3 is 2.88 bits per heavy atom. The Morgan fingerprint density at radius 1 is 1.34 bits per heavy atom. The first kappa shape index (κ1) is 23.4. The Kier molecular flexibility index (Phi) is 7.00. The zero-order valence-electron chi connectivity index (χ0n) is 18.6. The minimum atomic E-state index is -0.164. The summed E-state index contributed by atoms with van der Waals surface area (Å²) in [4.78, 5) is 35.0. The number of rotatable bonds is 6. The zero-order valence-corrected chi connectivity index (χ0v) is 20.9. The van der Waals surface area contributed by atoms with Gasteiger partial charge in [-0.25, -0.2) is 9.78 Å². The van der Waals surface area contributed by atoms with Crippen LogP contribution in [0.1, 0.15) is 24.8 Å². The summed E-state index contributed by atoms with van der Waals surface area (Å²) in [7, 11) is 5.66. The summed E-state index contributed by atoms with van der Waals surface area (Å²) in [6.07, 6.45) is 4.14. The van der Waals surface area contributed by atoms with Gasteiger partial charge >= 0.3 is 6.03 Å². The molecule has 2 aliphatic heterocycles. The van der Waals surface area contributed by atoms with Gasteiger partial charge in [-0.2, -0.15) is 0 Å². The van der Waals surface area contributed by atoms with Crippen LogP contribution in [0.4, 0.5) is 15.6 Å². The minimum Gasteiger partial charge on any atom is -0.349 e. The van der Waals surface area contributed by atoms with E-state index in [0.29, 0.717) is 23.1 Å². The Labute approximate surface area is 202 Å². The molecule has 1 spiro atoms. The first-order valence-electron chi connectivity index (χ1n) is 10.6. The van der Waals surface area contributed by atoms with Crippen LogP contribution < -0.4 is 10.2 Å². The topological polar surface area (TPSA) is 68.8 Å². The molecule has 1 unspecified atom stereocenters. The fourth-order valence-electron chi connectivity index (χ4n) is 4.41. The summed E-state index contributed by atoms with van der Waals surface area (Å²) in [5.41, 5.74) is 2.02. The van der Waals surface area contributed by atoms with Crippen LogP contribution in [0.2, 0.25) is 5.02 Å². The molecule has 2 aromatic rings. The van der Waals surface area contributed by atoms with Crippen LogP contribution in [0, 0.1) is 0 Å². The number of thioether (sulfide) groups is 1. The van der Waals surface area contributed by atoms with E-state index >= 15 is 0 Å². The van der Waals surface area contributed by atoms with Crippen LogP contribution in [-0.2, 0) is 10.2 Å². The lowest BCUT2D eigenvalue weighted by Crippen LogP contribution is -2.40. The highest BCUT2D eigenvalue weighted by Gasteiger charge is 2.48. The van der Waals surface area contributed by atoms with Gasteiger partial charge in [0.2, 0.25) is 5.91 Å². The van der Waals surface area contributed by atoms with Crippen molar-refractivity contribution >= 4 is 57.5 Å². The normalized spacial score (nSPS) is 20.1. The molecule has 172 valence electrons. The number of likely N-dealkylation sites (tertiary alicyclic amines) is 1. The number of nitrogens with zero attached hydrogens (tertiary/aromatic N) is 4. The molecule has 3 heterocycles. The minimum absolute atomic E-state index is 0.0692. The number of halogens is 1. The molecule has 2 aliphatic rings. The van der Waals surface area contributed by atoms with Crippen molar-refractivity contribution in [2.24, 2.45) is 0 Å². The van der Waals surface area contributed by atoms with Crippen molar-refractivity contribution in [3.8, 4) is 0 Å². The molecule has 1 N–H and O–H groups in total. The van der Waals surface area contributed by atoms with E-state index in [0.717, 1.165) is 47.1 Å². The molecule has 1 fully saturated rings. The van der Waals surface area contributed by atoms with Gasteiger partial charge in [0, 0.05) is 49.7 Å². The molecule has 1 aromatic carbocycles. The Bertz CT molecular complexity index is 1010. The molecule has 7 nitrogen and oxygen atoms in total. The summed E-state index contributed by atoms with van der Waals surface area (Å²) in [6, 6.07) is 5.64. The van der Waals surface area contributed by atoms with E-state index in [1.807, 2.05) is 23.1 Å². The maximum atomic E-state index is 13.2. The van der Waals surface area contributed by atoms with Crippen molar-refractivity contribution in [1.29, 1.82) is 0 Å². The van der Waals surface area contributed by atoms with Crippen LogP contribution in [0.25, 0.3) is 0 Å². The average molecular weight is 494 g/mol. The van der Waals surface area contributed by atoms with Gasteiger partial charge in [-0.1, -0.05) is 22.9 Å². The standard InChI is InChI=1S/C22H28ClN5O2S2/c1-26(2)18(29)5-4-10-31-19-12-24-20(32-19)25-21(30)28-14-22(8-9-27(3)13-22)16-11-15(23)6-7-17(16)28/h6-7,11-12H,4-5,8-10,13-14H2,1-3H3,(H,24,25,30).